The highest BCUT2D eigenvalue weighted by Gasteiger charge is 2.21. The van der Waals surface area contributed by atoms with Crippen molar-refractivity contribution < 1.29 is 14.3 Å². The van der Waals surface area contributed by atoms with Gasteiger partial charge in [0.05, 0.1) is 0 Å². The molecule has 0 saturated heterocycles. The van der Waals surface area contributed by atoms with E-state index in [1.807, 2.05) is 35.2 Å². The number of rotatable bonds is 7. The van der Waals surface area contributed by atoms with Crippen molar-refractivity contribution in [1.29, 1.82) is 0 Å². The van der Waals surface area contributed by atoms with Crippen LogP contribution in [0.5, 0.6) is 5.75 Å². The van der Waals surface area contributed by atoms with E-state index in [-0.39, 0.29) is 18.4 Å². The van der Waals surface area contributed by atoms with Gasteiger partial charge in [0.15, 0.2) is 6.61 Å². The molecule has 0 spiro atoms. The molecule has 0 bridgehead atoms. The van der Waals surface area contributed by atoms with Crippen LogP contribution in [0.2, 0.25) is 0 Å². The summed E-state index contributed by atoms with van der Waals surface area (Å²) < 4.78 is 5.41. The van der Waals surface area contributed by atoms with Gasteiger partial charge in [-0.25, -0.2) is 0 Å². The molecular weight excluding hydrogens is 304 g/mol. The van der Waals surface area contributed by atoms with Gasteiger partial charge >= 0.3 is 0 Å². The van der Waals surface area contributed by atoms with Crippen molar-refractivity contribution in [2.45, 2.75) is 51.5 Å². The zero-order valence-corrected chi connectivity index (χ0v) is 14.5. The number of carbonyl (C=O) groups is 2. The first-order valence-electron chi connectivity index (χ1n) is 8.88. The van der Waals surface area contributed by atoms with Crippen molar-refractivity contribution in [3.63, 3.8) is 0 Å². The maximum absolute atomic E-state index is 11.9. The molecule has 5 nitrogen and oxygen atoms in total. The van der Waals surface area contributed by atoms with Gasteiger partial charge in [-0.1, -0.05) is 43.9 Å². The quantitative estimate of drug-likeness (QED) is 0.781. The van der Waals surface area contributed by atoms with E-state index in [1.54, 1.807) is 6.92 Å². The lowest BCUT2D eigenvalue weighted by Gasteiger charge is -2.30. The zero-order valence-electron chi connectivity index (χ0n) is 14.5. The average molecular weight is 332 g/mol. The molecule has 0 unspecified atom stereocenters. The van der Waals surface area contributed by atoms with Crippen LogP contribution >= 0.6 is 0 Å². The van der Waals surface area contributed by atoms with Crippen molar-refractivity contribution in [3.05, 3.63) is 30.3 Å². The third-order valence-electron chi connectivity index (χ3n) is 4.46. The molecule has 1 N–H and O–H groups in total. The molecule has 1 aliphatic rings. The first-order chi connectivity index (χ1) is 11.7. The first kappa shape index (κ1) is 18.3. The van der Waals surface area contributed by atoms with Crippen LogP contribution in [0.4, 0.5) is 0 Å². The topological polar surface area (TPSA) is 58.6 Å². The molecule has 2 amide bonds. The Hall–Kier alpha value is -2.04. The highest BCUT2D eigenvalue weighted by Crippen LogP contribution is 2.21. The van der Waals surface area contributed by atoms with E-state index in [1.165, 1.54) is 25.7 Å². The van der Waals surface area contributed by atoms with E-state index in [0.29, 0.717) is 24.9 Å². The van der Waals surface area contributed by atoms with Crippen molar-refractivity contribution in [1.82, 2.24) is 10.2 Å². The lowest BCUT2D eigenvalue weighted by Crippen LogP contribution is -2.44. The number of hydrogen-bond acceptors (Lipinski definition) is 3. The van der Waals surface area contributed by atoms with Crippen LogP contribution in [-0.2, 0) is 9.59 Å². The molecule has 1 aliphatic carbocycles. The summed E-state index contributed by atoms with van der Waals surface area (Å²) in [6.45, 7) is 2.64. The predicted octanol–water partition coefficient (Wildman–Crippen LogP) is 2.75. The molecule has 0 aromatic heterocycles. The minimum atomic E-state index is -0.164. The Balaban J connectivity index is 1.71. The normalized spacial score (nSPS) is 15.4. The summed E-state index contributed by atoms with van der Waals surface area (Å²) in [7, 11) is 0. The van der Waals surface area contributed by atoms with Gasteiger partial charge in [-0.05, 0) is 25.0 Å². The summed E-state index contributed by atoms with van der Waals surface area (Å²) in [5, 5.41) is 2.84. The first-order valence-corrected chi connectivity index (χ1v) is 8.88. The van der Waals surface area contributed by atoms with E-state index in [9.17, 15) is 9.59 Å². The highest BCUT2D eigenvalue weighted by atomic mass is 16.5. The minimum Gasteiger partial charge on any atom is -0.484 e. The van der Waals surface area contributed by atoms with E-state index >= 15 is 0 Å². The molecule has 0 aliphatic heterocycles. The number of carbonyl (C=O) groups excluding carboxylic acids is 2. The van der Waals surface area contributed by atoms with Gasteiger partial charge in [0.2, 0.25) is 5.91 Å². The SMILES string of the molecule is CC(=O)N(CCNC(=O)COc1ccccc1)C1CCCCCC1. The Morgan fingerprint density at radius 1 is 1.12 bits per heavy atom. The van der Waals surface area contributed by atoms with Crippen LogP contribution in [0, 0.1) is 0 Å². The molecule has 5 heteroatoms. The molecule has 0 atom stereocenters. The lowest BCUT2D eigenvalue weighted by atomic mass is 10.1. The maximum atomic E-state index is 11.9. The van der Waals surface area contributed by atoms with Crippen LogP contribution in [0.15, 0.2) is 30.3 Å². The van der Waals surface area contributed by atoms with Crippen LogP contribution in [0.1, 0.15) is 45.4 Å². The Bertz CT molecular complexity index is 511. The van der Waals surface area contributed by atoms with Crippen molar-refractivity contribution in [3.8, 4) is 5.75 Å². The van der Waals surface area contributed by atoms with Crippen LogP contribution in [-0.4, -0.2) is 42.5 Å². The molecule has 24 heavy (non-hydrogen) atoms. The summed E-state index contributed by atoms with van der Waals surface area (Å²) >= 11 is 0. The standard InChI is InChI=1S/C19H28N2O3/c1-16(22)21(17-9-5-2-3-6-10-17)14-13-20-19(23)15-24-18-11-7-4-8-12-18/h4,7-8,11-12,17H,2-3,5-6,9-10,13-15H2,1H3,(H,20,23). The van der Waals surface area contributed by atoms with Gasteiger partial charge in [0.25, 0.3) is 5.91 Å². The predicted molar refractivity (Wildman–Crippen MR) is 93.8 cm³/mol. The van der Waals surface area contributed by atoms with E-state index in [4.69, 9.17) is 4.74 Å². The molecule has 1 aromatic rings. The number of ether oxygens (including phenoxy) is 1. The van der Waals surface area contributed by atoms with Gasteiger partial charge in [0, 0.05) is 26.1 Å². The Morgan fingerprint density at radius 2 is 1.79 bits per heavy atom. The second-order valence-corrected chi connectivity index (χ2v) is 6.31. The van der Waals surface area contributed by atoms with Crippen LogP contribution in [0.25, 0.3) is 0 Å². The Morgan fingerprint density at radius 3 is 2.42 bits per heavy atom. The molecule has 1 fully saturated rings. The Kier molecular flexibility index (Phi) is 7.59. The zero-order chi connectivity index (χ0) is 17.2. The summed E-state index contributed by atoms with van der Waals surface area (Å²) in [4.78, 5) is 25.7. The van der Waals surface area contributed by atoms with Gasteiger partial charge in [-0.3, -0.25) is 9.59 Å². The molecule has 0 heterocycles. The van der Waals surface area contributed by atoms with Crippen LogP contribution in [0.3, 0.4) is 0 Å². The minimum absolute atomic E-state index is 0.00644. The summed E-state index contributed by atoms with van der Waals surface area (Å²) in [5.41, 5.74) is 0. The largest absolute Gasteiger partial charge is 0.484 e. The maximum Gasteiger partial charge on any atom is 0.258 e. The Labute approximate surface area is 144 Å². The number of nitrogens with one attached hydrogen (secondary N) is 1. The second kappa shape index (κ2) is 9.96. The summed E-state index contributed by atoms with van der Waals surface area (Å²) in [6, 6.07) is 9.59. The molecule has 132 valence electrons. The highest BCUT2D eigenvalue weighted by molar-refractivity contribution is 5.77. The number of benzene rings is 1. The van der Waals surface area contributed by atoms with Crippen LogP contribution < -0.4 is 10.1 Å². The third kappa shape index (κ3) is 6.22. The van der Waals surface area contributed by atoms with E-state index < -0.39 is 0 Å². The van der Waals surface area contributed by atoms with Gasteiger partial charge in [-0.15, -0.1) is 0 Å². The fourth-order valence-electron chi connectivity index (χ4n) is 3.20. The van der Waals surface area contributed by atoms with E-state index in [0.717, 1.165) is 12.8 Å². The van der Waals surface area contributed by atoms with Gasteiger partial charge < -0.3 is 15.0 Å². The molecular formula is C19H28N2O3. The number of hydrogen-bond donors (Lipinski definition) is 1. The molecule has 0 radical (unpaired) electrons. The van der Waals surface area contributed by atoms with Crippen molar-refractivity contribution >= 4 is 11.8 Å². The van der Waals surface area contributed by atoms with Gasteiger partial charge in [-0.2, -0.15) is 0 Å². The number of amides is 2. The third-order valence-corrected chi connectivity index (χ3v) is 4.46. The summed E-state index contributed by atoms with van der Waals surface area (Å²) in [6.07, 6.45) is 7.04. The number of nitrogens with zero attached hydrogens (tertiary/aromatic N) is 1. The van der Waals surface area contributed by atoms with E-state index in [2.05, 4.69) is 5.32 Å². The molecule has 1 saturated carbocycles. The smallest absolute Gasteiger partial charge is 0.258 e. The fraction of sp³-hybridized carbons (Fsp3) is 0.579. The van der Waals surface area contributed by atoms with Gasteiger partial charge in [0.1, 0.15) is 5.75 Å². The molecule has 1 aromatic carbocycles. The van der Waals surface area contributed by atoms with Crippen molar-refractivity contribution in [2.24, 2.45) is 0 Å². The second-order valence-electron chi connectivity index (χ2n) is 6.31. The number of para-hydroxylation sites is 1. The fourth-order valence-corrected chi connectivity index (χ4v) is 3.20. The average Bonchev–Trinajstić information content (AvgIpc) is 2.86. The van der Waals surface area contributed by atoms with Crippen molar-refractivity contribution in [2.75, 3.05) is 19.7 Å². The summed E-state index contributed by atoms with van der Waals surface area (Å²) in [5.74, 6) is 0.608. The molecule has 2 rings (SSSR count). The lowest BCUT2D eigenvalue weighted by molar-refractivity contribution is -0.132. The monoisotopic (exact) mass is 332 g/mol.